The van der Waals surface area contributed by atoms with Crippen LogP contribution in [0, 0.1) is 17.5 Å². The van der Waals surface area contributed by atoms with Crippen LogP contribution in [0.3, 0.4) is 0 Å². The van der Waals surface area contributed by atoms with Gasteiger partial charge in [-0.15, -0.1) is 0 Å². The molecular weight excluding hydrogens is 245 g/mol. The van der Waals surface area contributed by atoms with Crippen molar-refractivity contribution in [2.24, 2.45) is 0 Å². The quantitative estimate of drug-likeness (QED) is 0.557. The molecule has 4 heteroatoms. The lowest BCUT2D eigenvalue weighted by atomic mass is 10.2. The molecular formula is C9H6BrF3. The molecule has 70 valence electrons. The average molecular weight is 251 g/mol. The van der Waals surface area contributed by atoms with Crippen LogP contribution in [0.4, 0.5) is 13.2 Å². The largest absolute Gasteiger partial charge is 0.206 e. The molecule has 0 heterocycles. The summed E-state index contributed by atoms with van der Waals surface area (Å²) < 4.78 is 37.9. The van der Waals surface area contributed by atoms with Gasteiger partial charge in [0.2, 0.25) is 0 Å². The van der Waals surface area contributed by atoms with Gasteiger partial charge in [0, 0.05) is 17.0 Å². The SMILES string of the molecule is Fc1cc(F)c(C=CCBr)cc1F. The van der Waals surface area contributed by atoms with E-state index in [4.69, 9.17) is 0 Å². The molecule has 0 atom stereocenters. The van der Waals surface area contributed by atoms with Crippen LogP contribution in [-0.4, -0.2) is 5.33 Å². The van der Waals surface area contributed by atoms with Crippen molar-refractivity contribution in [1.29, 1.82) is 0 Å². The number of allylic oxidation sites excluding steroid dienone is 1. The Labute approximate surface area is 82.2 Å². The van der Waals surface area contributed by atoms with Crippen molar-refractivity contribution in [1.82, 2.24) is 0 Å². The Morgan fingerprint density at radius 3 is 2.31 bits per heavy atom. The number of alkyl halides is 1. The van der Waals surface area contributed by atoms with E-state index in [0.717, 1.165) is 6.07 Å². The highest BCUT2D eigenvalue weighted by molar-refractivity contribution is 9.09. The van der Waals surface area contributed by atoms with Gasteiger partial charge >= 0.3 is 0 Å². The molecule has 0 amide bonds. The van der Waals surface area contributed by atoms with E-state index < -0.39 is 17.5 Å². The Morgan fingerprint density at radius 1 is 1.08 bits per heavy atom. The number of rotatable bonds is 2. The van der Waals surface area contributed by atoms with Crippen molar-refractivity contribution in [3.63, 3.8) is 0 Å². The minimum atomic E-state index is -1.17. The lowest BCUT2D eigenvalue weighted by molar-refractivity contribution is 0.494. The van der Waals surface area contributed by atoms with Crippen LogP contribution in [0.5, 0.6) is 0 Å². The highest BCUT2D eigenvalue weighted by atomic mass is 79.9. The zero-order valence-corrected chi connectivity index (χ0v) is 8.11. The molecule has 0 fully saturated rings. The smallest absolute Gasteiger partial charge is 0.161 e. The normalized spacial score (nSPS) is 11.1. The minimum Gasteiger partial charge on any atom is -0.206 e. The van der Waals surface area contributed by atoms with Gasteiger partial charge in [-0.1, -0.05) is 28.1 Å². The van der Waals surface area contributed by atoms with Gasteiger partial charge in [0.25, 0.3) is 0 Å². The van der Waals surface area contributed by atoms with Gasteiger partial charge in [0.15, 0.2) is 11.6 Å². The maximum Gasteiger partial charge on any atom is 0.161 e. The fourth-order valence-electron chi connectivity index (χ4n) is 0.837. The molecule has 0 aliphatic carbocycles. The molecule has 1 rings (SSSR count). The molecule has 0 bridgehead atoms. The molecule has 0 aliphatic rings. The van der Waals surface area contributed by atoms with Crippen LogP contribution in [0.2, 0.25) is 0 Å². The molecule has 0 aliphatic heterocycles. The van der Waals surface area contributed by atoms with Gasteiger partial charge in [-0.05, 0) is 6.07 Å². The van der Waals surface area contributed by atoms with E-state index >= 15 is 0 Å². The monoisotopic (exact) mass is 250 g/mol. The first kappa shape index (κ1) is 10.3. The first-order valence-corrected chi connectivity index (χ1v) is 4.64. The van der Waals surface area contributed by atoms with Gasteiger partial charge in [-0.25, -0.2) is 13.2 Å². The van der Waals surface area contributed by atoms with Crippen LogP contribution in [0.1, 0.15) is 5.56 Å². The van der Waals surface area contributed by atoms with Crippen LogP contribution < -0.4 is 0 Å². The summed E-state index contributed by atoms with van der Waals surface area (Å²) in [6, 6.07) is 1.35. The van der Waals surface area contributed by atoms with Gasteiger partial charge in [0.05, 0.1) is 0 Å². The van der Waals surface area contributed by atoms with E-state index in [1.807, 2.05) is 0 Å². The lowest BCUT2D eigenvalue weighted by Crippen LogP contribution is -1.89. The molecule has 1 aromatic carbocycles. The van der Waals surface area contributed by atoms with Gasteiger partial charge in [-0.3, -0.25) is 0 Å². The number of halogens is 4. The van der Waals surface area contributed by atoms with E-state index in [0.29, 0.717) is 11.4 Å². The summed E-state index contributed by atoms with van der Waals surface area (Å²) in [6.45, 7) is 0. The molecule has 0 N–H and O–H groups in total. The Balaban J connectivity index is 3.08. The highest BCUT2D eigenvalue weighted by Crippen LogP contribution is 2.14. The maximum absolute atomic E-state index is 12.9. The molecule has 13 heavy (non-hydrogen) atoms. The fourth-order valence-corrected chi connectivity index (χ4v) is 1.02. The van der Waals surface area contributed by atoms with Gasteiger partial charge in [0.1, 0.15) is 5.82 Å². The molecule has 0 aromatic heterocycles. The molecule has 1 aromatic rings. The van der Waals surface area contributed by atoms with Crippen LogP contribution in [-0.2, 0) is 0 Å². The number of benzene rings is 1. The summed E-state index contributed by atoms with van der Waals surface area (Å²) in [5.74, 6) is -2.99. The Hall–Kier alpha value is -0.770. The summed E-state index contributed by atoms with van der Waals surface area (Å²) >= 11 is 3.09. The molecule has 0 saturated heterocycles. The standard InChI is InChI=1S/C9H6BrF3/c10-3-1-2-6-4-8(12)9(13)5-7(6)11/h1-2,4-5H,3H2. The predicted molar refractivity (Wildman–Crippen MR) is 49.1 cm³/mol. The van der Waals surface area contributed by atoms with E-state index in [2.05, 4.69) is 15.9 Å². The lowest BCUT2D eigenvalue weighted by Gasteiger charge is -1.97. The summed E-state index contributed by atoms with van der Waals surface area (Å²) in [6.07, 6.45) is 2.97. The predicted octanol–water partition coefficient (Wildman–Crippen LogP) is 3.51. The third-order valence-electron chi connectivity index (χ3n) is 1.43. The van der Waals surface area contributed by atoms with Crippen molar-refractivity contribution in [3.8, 4) is 0 Å². The number of hydrogen-bond donors (Lipinski definition) is 0. The van der Waals surface area contributed by atoms with Gasteiger partial charge in [-0.2, -0.15) is 0 Å². The third-order valence-corrected chi connectivity index (χ3v) is 1.80. The average Bonchev–Trinajstić information content (AvgIpc) is 2.09. The summed E-state index contributed by atoms with van der Waals surface area (Å²) in [7, 11) is 0. The van der Waals surface area contributed by atoms with Crippen molar-refractivity contribution >= 4 is 22.0 Å². The Bertz CT molecular complexity index is 334. The Kier molecular flexibility index (Phi) is 3.54. The maximum atomic E-state index is 12.9. The highest BCUT2D eigenvalue weighted by Gasteiger charge is 2.06. The third kappa shape index (κ3) is 2.59. The van der Waals surface area contributed by atoms with E-state index in [1.54, 1.807) is 6.08 Å². The second-order valence-corrected chi connectivity index (χ2v) is 2.99. The topological polar surface area (TPSA) is 0 Å². The van der Waals surface area contributed by atoms with Crippen molar-refractivity contribution in [2.45, 2.75) is 0 Å². The number of hydrogen-bond acceptors (Lipinski definition) is 0. The van der Waals surface area contributed by atoms with Crippen LogP contribution in [0.15, 0.2) is 18.2 Å². The van der Waals surface area contributed by atoms with Crippen molar-refractivity contribution < 1.29 is 13.2 Å². The van der Waals surface area contributed by atoms with Crippen molar-refractivity contribution in [2.75, 3.05) is 5.33 Å². The van der Waals surface area contributed by atoms with E-state index in [1.165, 1.54) is 6.08 Å². The first-order valence-electron chi connectivity index (χ1n) is 3.52. The molecule has 0 spiro atoms. The summed E-state index contributed by atoms with van der Waals surface area (Å²) in [5.41, 5.74) is 0.0401. The fraction of sp³-hybridized carbons (Fsp3) is 0.111. The zero-order chi connectivity index (χ0) is 9.84. The second-order valence-electron chi connectivity index (χ2n) is 2.34. The van der Waals surface area contributed by atoms with Gasteiger partial charge < -0.3 is 0 Å². The van der Waals surface area contributed by atoms with E-state index in [-0.39, 0.29) is 5.56 Å². The molecule has 0 radical (unpaired) electrons. The van der Waals surface area contributed by atoms with Crippen LogP contribution in [0.25, 0.3) is 6.08 Å². The second kappa shape index (κ2) is 4.46. The molecule has 0 saturated carbocycles. The Morgan fingerprint density at radius 2 is 1.69 bits per heavy atom. The van der Waals surface area contributed by atoms with Crippen LogP contribution >= 0.6 is 15.9 Å². The zero-order valence-electron chi connectivity index (χ0n) is 6.53. The van der Waals surface area contributed by atoms with E-state index in [9.17, 15) is 13.2 Å². The minimum absolute atomic E-state index is 0.0401. The molecule has 0 nitrogen and oxygen atoms in total. The summed E-state index contributed by atoms with van der Waals surface area (Å²) in [5, 5.41) is 0.533. The first-order chi connectivity index (χ1) is 6.15. The molecule has 0 unspecified atom stereocenters. The summed E-state index contributed by atoms with van der Waals surface area (Å²) in [4.78, 5) is 0. The van der Waals surface area contributed by atoms with Crippen molar-refractivity contribution in [3.05, 3.63) is 41.2 Å².